The lowest BCUT2D eigenvalue weighted by Crippen LogP contribution is -2.30. The van der Waals surface area contributed by atoms with E-state index in [1.54, 1.807) is 13.0 Å². The minimum Gasteiger partial charge on any atom is -0.228 e. The Bertz CT molecular complexity index is 345. The first-order valence-electron chi connectivity index (χ1n) is 4.41. The van der Waals surface area contributed by atoms with Crippen molar-refractivity contribution in [2.45, 2.75) is 31.9 Å². The summed E-state index contributed by atoms with van der Waals surface area (Å²) in [5, 5.41) is 0. The van der Waals surface area contributed by atoms with E-state index in [4.69, 9.17) is 0 Å². The van der Waals surface area contributed by atoms with E-state index in [-0.39, 0.29) is 5.75 Å². The van der Waals surface area contributed by atoms with E-state index in [9.17, 15) is 8.42 Å². The second-order valence-corrected chi connectivity index (χ2v) is 6.48. The summed E-state index contributed by atoms with van der Waals surface area (Å²) < 4.78 is 22.5. The number of rotatable bonds is 2. The largest absolute Gasteiger partial charge is 0.228 e. The molecule has 0 aromatic rings. The van der Waals surface area contributed by atoms with E-state index in [1.165, 1.54) is 0 Å². The fourth-order valence-electron chi connectivity index (χ4n) is 1.32. The summed E-state index contributed by atoms with van der Waals surface area (Å²) in [7, 11) is -2.94. The topological polar surface area (TPSA) is 34.1 Å². The van der Waals surface area contributed by atoms with E-state index >= 15 is 0 Å². The molecule has 0 amide bonds. The predicted molar refractivity (Wildman–Crippen MR) is 55.4 cm³/mol. The third-order valence-corrected chi connectivity index (χ3v) is 4.77. The van der Waals surface area contributed by atoms with Crippen molar-refractivity contribution < 1.29 is 8.42 Å². The number of hydrogen-bond donors (Lipinski definition) is 0. The van der Waals surface area contributed by atoms with Gasteiger partial charge in [-0.2, -0.15) is 0 Å². The molecule has 1 aliphatic heterocycles. The van der Waals surface area contributed by atoms with Crippen LogP contribution in [0.15, 0.2) is 23.8 Å². The molecule has 0 spiro atoms. The zero-order chi connectivity index (χ0) is 10.1. The van der Waals surface area contributed by atoms with Gasteiger partial charge in [-0.25, -0.2) is 8.42 Å². The predicted octanol–water partition coefficient (Wildman–Crippen LogP) is 2.09. The molecule has 13 heavy (non-hydrogen) atoms. The summed E-state index contributed by atoms with van der Waals surface area (Å²) in [6.45, 7) is 5.74. The molecule has 1 heterocycles. The van der Waals surface area contributed by atoms with Crippen molar-refractivity contribution in [3.63, 3.8) is 0 Å². The van der Waals surface area contributed by atoms with Crippen LogP contribution in [0.1, 0.15) is 27.2 Å². The Morgan fingerprint density at radius 1 is 1.54 bits per heavy atom. The number of sulfone groups is 1. The van der Waals surface area contributed by atoms with Gasteiger partial charge in [0, 0.05) is 0 Å². The van der Waals surface area contributed by atoms with Crippen LogP contribution in [0.5, 0.6) is 0 Å². The lowest BCUT2D eigenvalue weighted by Gasteiger charge is -2.19. The monoisotopic (exact) mass is 200 g/mol. The fourth-order valence-corrected chi connectivity index (χ4v) is 2.69. The molecular weight excluding hydrogens is 184 g/mol. The highest BCUT2D eigenvalue weighted by molar-refractivity contribution is 7.93. The second-order valence-electron chi connectivity index (χ2n) is 3.98. The number of allylic oxidation sites excluding steroid dienone is 2. The summed E-state index contributed by atoms with van der Waals surface area (Å²) in [6, 6.07) is 0. The highest BCUT2D eigenvalue weighted by Crippen LogP contribution is 2.30. The van der Waals surface area contributed by atoms with Gasteiger partial charge >= 0.3 is 0 Å². The van der Waals surface area contributed by atoms with E-state index in [0.717, 1.165) is 5.57 Å². The molecule has 2 nitrogen and oxygen atoms in total. The molecule has 0 fully saturated rings. The molecule has 74 valence electrons. The summed E-state index contributed by atoms with van der Waals surface area (Å²) >= 11 is 0. The van der Waals surface area contributed by atoms with Gasteiger partial charge in [-0.3, -0.25) is 0 Å². The van der Waals surface area contributed by atoms with Crippen LogP contribution < -0.4 is 0 Å². The second kappa shape index (κ2) is 3.29. The Morgan fingerprint density at radius 2 is 2.15 bits per heavy atom. The first kappa shape index (κ1) is 10.5. The van der Waals surface area contributed by atoms with Crippen LogP contribution in [0.4, 0.5) is 0 Å². The van der Waals surface area contributed by atoms with Crippen LogP contribution in [0.25, 0.3) is 0 Å². The Morgan fingerprint density at radius 3 is 2.54 bits per heavy atom. The fraction of sp³-hybridized carbons (Fsp3) is 0.600. The Kier molecular flexibility index (Phi) is 2.66. The molecule has 0 saturated heterocycles. The third-order valence-electron chi connectivity index (χ3n) is 2.41. The zero-order valence-electron chi connectivity index (χ0n) is 8.37. The van der Waals surface area contributed by atoms with Gasteiger partial charge in [0.2, 0.25) is 0 Å². The maximum Gasteiger partial charge on any atom is 0.163 e. The van der Waals surface area contributed by atoms with Crippen molar-refractivity contribution in [2.24, 2.45) is 0 Å². The average molecular weight is 200 g/mol. The quantitative estimate of drug-likeness (QED) is 0.640. The molecule has 1 atom stereocenters. The van der Waals surface area contributed by atoms with Gasteiger partial charge in [0.15, 0.2) is 9.84 Å². The Labute approximate surface area is 80.3 Å². The van der Waals surface area contributed by atoms with Crippen molar-refractivity contribution in [1.82, 2.24) is 0 Å². The molecule has 1 aliphatic rings. The summed E-state index contributed by atoms with van der Waals surface area (Å²) in [5.74, 6) is 0.195. The molecule has 0 aromatic carbocycles. The maximum atomic E-state index is 11.6. The van der Waals surface area contributed by atoms with Crippen LogP contribution in [0, 0.1) is 0 Å². The van der Waals surface area contributed by atoms with Gasteiger partial charge in [0.25, 0.3) is 0 Å². The standard InChI is InChI=1S/C10H16O2S/c1-9(2)5-7-10(3)6-4-8-13(10,11)12/h4-6H,7-8H2,1-3H3. The molecule has 1 unspecified atom stereocenters. The SMILES string of the molecule is CC(C)=CCC1(C)C=CCS1(=O)=O. The molecular formula is C10H16O2S. The highest BCUT2D eigenvalue weighted by atomic mass is 32.2. The van der Waals surface area contributed by atoms with Crippen molar-refractivity contribution in [2.75, 3.05) is 5.75 Å². The molecule has 0 bridgehead atoms. The average Bonchev–Trinajstić information content (AvgIpc) is 2.24. The zero-order valence-corrected chi connectivity index (χ0v) is 9.19. The molecule has 1 rings (SSSR count). The molecule has 3 heteroatoms. The smallest absolute Gasteiger partial charge is 0.163 e. The van der Waals surface area contributed by atoms with Crippen molar-refractivity contribution in [3.05, 3.63) is 23.8 Å². The van der Waals surface area contributed by atoms with E-state index < -0.39 is 14.6 Å². The van der Waals surface area contributed by atoms with E-state index in [0.29, 0.717) is 6.42 Å². The molecule has 0 N–H and O–H groups in total. The van der Waals surface area contributed by atoms with Gasteiger partial charge in [-0.1, -0.05) is 23.8 Å². The molecule has 0 saturated carbocycles. The van der Waals surface area contributed by atoms with Gasteiger partial charge < -0.3 is 0 Å². The van der Waals surface area contributed by atoms with Gasteiger partial charge in [-0.15, -0.1) is 0 Å². The van der Waals surface area contributed by atoms with Gasteiger partial charge in [0.05, 0.1) is 10.5 Å². The normalized spacial score (nSPS) is 30.4. The highest BCUT2D eigenvalue weighted by Gasteiger charge is 2.38. The Hall–Kier alpha value is -0.570. The van der Waals surface area contributed by atoms with Crippen molar-refractivity contribution in [3.8, 4) is 0 Å². The maximum absolute atomic E-state index is 11.6. The van der Waals surface area contributed by atoms with E-state index in [1.807, 2.05) is 26.0 Å². The van der Waals surface area contributed by atoms with Crippen LogP contribution >= 0.6 is 0 Å². The third kappa shape index (κ3) is 2.02. The van der Waals surface area contributed by atoms with Crippen LogP contribution in [0.3, 0.4) is 0 Å². The first-order chi connectivity index (χ1) is 5.87. The van der Waals surface area contributed by atoms with Gasteiger partial charge in [-0.05, 0) is 27.2 Å². The van der Waals surface area contributed by atoms with Crippen LogP contribution in [-0.4, -0.2) is 18.9 Å². The lowest BCUT2D eigenvalue weighted by molar-refractivity contribution is 0.571. The van der Waals surface area contributed by atoms with Crippen molar-refractivity contribution in [1.29, 1.82) is 0 Å². The van der Waals surface area contributed by atoms with Gasteiger partial charge in [0.1, 0.15) is 0 Å². The number of hydrogen-bond acceptors (Lipinski definition) is 2. The Balaban J connectivity index is 2.89. The minimum absolute atomic E-state index is 0.195. The molecule has 0 aliphatic carbocycles. The first-order valence-corrected chi connectivity index (χ1v) is 6.06. The summed E-state index contributed by atoms with van der Waals surface area (Å²) in [6.07, 6.45) is 6.12. The van der Waals surface area contributed by atoms with Crippen molar-refractivity contribution >= 4 is 9.84 Å². The molecule has 0 radical (unpaired) electrons. The lowest BCUT2D eigenvalue weighted by atomic mass is 10.1. The van der Waals surface area contributed by atoms with Crippen LogP contribution in [0.2, 0.25) is 0 Å². The molecule has 0 aromatic heterocycles. The summed E-state index contributed by atoms with van der Waals surface area (Å²) in [5.41, 5.74) is 1.16. The van der Waals surface area contributed by atoms with Crippen LogP contribution in [-0.2, 0) is 9.84 Å². The minimum atomic E-state index is -2.94. The van der Waals surface area contributed by atoms with E-state index in [2.05, 4.69) is 0 Å². The summed E-state index contributed by atoms with van der Waals surface area (Å²) in [4.78, 5) is 0.